The van der Waals surface area contributed by atoms with E-state index in [1.54, 1.807) is 26.6 Å². The Hall–Kier alpha value is -4.46. The molecule has 3 aromatic carbocycles. The highest BCUT2D eigenvalue weighted by Crippen LogP contribution is 2.12. The van der Waals surface area contributed by atoms with E-state index in [1.165, 1.54) is 0 Å². The Bertz CT molecular complexity index is 1110. The van der Waals surface area contributed by atoms with Gasteiger partial charge in [-0.2, -0.15) is 10.2 Å². The van der Waals surface area contributed by atoms with Gasteiger partial charge in [-0.25, -0.2) is 10.9 Å². The van der Waals surface area contributed by atoms with Crippen LogP contribution in [0.2, 0.25) is 0 Å². The van der Waals surface area contributed by atoms with Crippen LogP contribution in [-0.2, 0) is 22.4 Å². The fraction of sp³-hybridized carbons (Fsp3) is 0.214. The van der Waals surface area contributed by atoms with E-state index in [4.69, 9.17) is 9.47 Å². The number of rotatable bonds is 12. The number of carbonyl (C=O) groups excluding carboxylic acids is 2. The molecule has 0 radical (unpaired) electrons. The van der Waals surface area contributed by atoms with Crippen molar-refractivity contribution < 1.29 is 19.1 Å². The first-order valence-corrected chi connectivity index (χ1v) is 11.6. The molecule has 0 bridgehead atoms. The van der Waals surface area contributed by atoms with Crippen LogP contribution in [0.15, 0.2) is 83.0 Å². The predicted molar refractivity (Wildman–Crippen MR) is 141 cm³/mol. The summed E-state index contributed by atoms with van der Waals surface area (Å²) in [7, 11) is 3.20. The summed E-state index contributed by atoms with van der Waals surface area (Å²) < 4.78 is 10.3. The highest BCUT2D eigenvalue weighted by molar-refractivity contribution is 5.83. The normalized spacial score (nSPS) is 10.9. The van der Waals surface area contributed by atoms with Gasteiger partial charge in [-0.3, -0.25) is 9.59 Å². The molecule has 0 aromatic heterocycles. The maximum atomic E-state index is 12.1. The van der Waals surface area contributed by atoms with Gasteiger partial charge in [-0.15, -0.1) is 0 Å². The molecule has 0 heterocycles. The van der Waals surface area contributed by atoms with Gasteiger partial charge in [-0.05, 0) is 59.4 Å². The molecule has 0 aliphatic heterocycles. The summed E-state index contributed by atoms with van der Waals surface area (Å²) >= 11 is 0. The summed E-state index contributed by atoms with van der Waals surface area (Å²) in [6.45, 7) is 0. The average molecular weight is 487 g/mol. The number of nitrogens with zero attached hydrogens (tertiary/aromatic N) is 2. The standard InChI is InChI=1S/C28H30N4O4/c1-35-25-7-3-5-23(17-25)19-29-31-27(33)15-13-21-9-11-22(12-10-21)14-16-28(34)32-30-20-24-6-4-8-26(18-24)36-2/h3-12,17-20H,13-16H2,1-2H3,(H,31,33)(H,32,34)/b29-19+,30-20+. The minimum absolute atomic E-state index is 0.163. The van der Waals surface area contributed by atoms with Crippen molar-refractivity contribution in [2.24, 2.45) is 10.2 Å². The van der Waals surface area contributed by atoms with Crippen LogP contribution < -0.4 is 20.3 Å². The van der Waals surface area contributed by atoms with Gasteiger partial charge in [0.2, 0.25) is 11.8 Å². The number of methoxy groups -OCH3 is 2. The first-order valence-electron chi connectivity index (χ1n) is 11.6. The van der Waals surface area contributed by atoms with Gasteiger partial charge in [0.25, 0.3) is 0 Å². The van der Waals surface area contributed by atoms with Crippen LogP contribution in [0.1, 0.15) is 35.1 Å². The van der Waals surface area contributed by atoms with Crippen LogP contribution in [0.5, 0.6) is 11.5 Å². The van der Waals surface area contributed by atoms with Crippen molar-refractivity contribution in [1.82, 2.24) is 10.9 Å². The molecular weight excluding hydrogens is 456 g/mol. The molecule has 3 aromatic rings. The largest absolute Gasteiger partial charge is 0.497 e. The van der Waals surface area contributed by atoms with Crippen LogP contribution >= 0.6 is 0 Å². The number of aryl methyl sites for hydroxylation is 2. The molecule has 36 heavy (non-hydrogen) atoms. The Balaban J connectivity index is 1.36. The van der Waals surface area contributed by atoms with Gasteiger partial charge in [0.05, 0.1) is 26.6 Å². The van der Waals surface area contributed by atoms with E-state index >= 15 is 0 Å². The van der Waals surface area contributed by atoms with E-state index in [2.05, 4.69) is 21.1 Å². The minimum Gasteiger partial charge on any atom is -0.497 e. The lowest BCUT2D eigenvalue weighted by atomic mass is 10.0. The molecule has 2 N–H and O–H groups in total. The van der Waals surface area contributed by atoms with E-state index in [1.807, 2.05) is 72.8 Å². The van der Waals surface area contributed by atoms with Gasteiger partial charge in [0.1, 0.15) is 11.5 Å². The van der Waals surface area contributed by atoms with Crippen molar-refractivity contribution in [1.29, 1.82) is 0 Å². The maximum absolute atomic E-state index is 12.1. The van der Waals surface area contributed by atoms with E-state index in [-0.39, 0.29) is 11.8 Å². The second-order valence-corrected chi connectivity index (χ2v) is 7.96. The molecule has 2 amide bonds. The lowest BCUT2D eigenvalue weighted by Crippen LogP contribution is -2.18. The van der Waals surface area contributed by atoms with E-state index in [0.717, 1.165) is 33.8 Å². The van der Waals surface area contributed by atoms with Crippen LogP contribution in [0.25, 0.3) is 0 Å². The molecule has 3 rings (SSSR count). The lowest BCUT2D eigenvalue weighted by molar-refractivity contribution is -0.121. The van der Waals surface area contributed by atoms with E-state index in [9.17, 15) is 9.59 Å². The van der Waals surface area contributed by atoms with Crippen molar-refractivity contribution in [3.8, 4) is 11.5 Å². The molecule has 8 nitrogen and oxygen atoms in total. The van der Waals surface area contributed by atoms with Gasteiger partial charge in [0.15, 0.2) is 0 Å². The third-order valence-corrected chi connectivity index (χ3v) is 5.30. The van der Waals surface area contributed by atoms with Crippen LogP contribution in [0, 0.1) is 0 Å². The second kappa shape index (κ2) is 14.1. The number of hydrogen-bond donors (Lipinski definition) is 2. The molecule has 0 saturated carbocycles. The van der Waals surface area contributed by atoms with Crippen molar-refractivity contribution in [2.45, 2.75) is 25.7 Å². The number of amides is 2. The van der Waals surface area contributed by atoms with Crippen LogP contribution in [0.4, 0.5) is 0 Å². The summed E-state index contributed by atoms with van der Waals surface area (Å²) in [4.78, 5) is 24.1. The number of carbonyl (C=O) groups is 2. The first-order chi connectivity index (χ1) is 17.6. The molecule has 186 valence electrons. The molecule has 0 spiro atoms. The second-order valence-electron chi connectivity index (χ2n) is 7.96. The Labute approximate surface area is 211 Å². The summed E-state index contributed by atoms with van der Waals surface area (Å²) in [6.07, 6.45) is 5.00. The van der Waals surface area contributed by atoms with Gasteiger partial charge >= 0.3 is 0 Å². The molecule has 0 fully saturated rings. The zero-order valence-electron chi connectivity index (χ0n) is 20.4. The molecule has 0 aliphatic carbocycles. The lowest BCUT2D eigenvalue weighted by Gasteiger charge is -2.05. The van der Waals surface area contributed by atoms with E-state index in [0.29, 0.717) is 25.7 Å². The fourth-order valence-corrected chi connectivity index (χ4v) is 3.30. The molecule has 0 saturated heterocycles. The monoisotopic (exact) mass is 486 g/mol. The Morgan fingerprint density at radius 3 is 1.50 bits per heavy atom. The smallest absolute Gasteiger partial charge is 0.240 e. The zero-order valence-corrected chi connectivity index (χ0v) is 20.4. The van der Waals surface area contributed by atoms with Crippen molar-refractivity contribution in [3.63, 3.8) is 0 Å². The minimum atomic E-state index is -0.163. The van der Waals surface area contributed by atoms with Gasteiger partial charge in [-0.1, -0.05) is 48.5 Å². The quantitative estimate of drug-likeness (QED) is 0.300. The van der Waals surface area contributed by atoms with Crippen molar-refractivity contribution >= 4 is 24.2 Å². The maximum Gasteiger partial charge on any atom is 0.240 e. The third-order valence-electron chi connectivity index (χ3n) is 5.30. The summed E-state index contributed by atoms with van der Waals surface area (Å²) in [5.74, 6) is 1.13. The highest BCUT2D eigenvalue weighted by Gasteiger charge is 2.04. The number of hydrogen-bond acceptors (Lipinski definition) is 6. The van der Waals surface area contributed by atoms with Crippen LogP contribution in [0.3, 0.4) is 0 Å². The SMILES string of the molecule is COc1cccc(/C=N/NC(=O)CCc2ccc(CCC(=O)N/N=C/c3cccc(OC)c3)cc2)c1. The topological polar surface area (TPSA) is 101 Å². The number of hydrazone groups is 2. The Morgan fingerprint density at radius 1 is 0.694 bits per heavy atom. The van der Waals surface area contributed by atoms with Crippen molar-refractivity contribution in [3.05, 3.63) is 95.1 Å². The highest BCUT2D eigenvalue weighted by atomic mass is 16.5. The molecular formula is C28H30N4O4. The fourth-order valence-electron chi connectivity index (χ4n) is 3.30. The Morgan fingerprint density at radius 2 is 1.11 bits per heavy atom. The predicted octanol–water partition coefficient (Wildman–Crippen LogP) is 3.87. The number of nitrogens with one attached hydrogen (secondary N) is 2. The van der Waals surface area contributed by atoms with Crippen LogP contribution in [-0.4, -0.2) is 38.5 Å². The average Bonchev–Trinajstić information content (AvgIpc) is 2.91. The summed E-state index contributed by atoms with van der Waals surface area (Å²) in [5, 5.41) is 7.99. The van der Waals surface area contributed by atoms with Crippen molar-refractivity contribution in [2.75, 3.05) is 14.2 Å². The van der Waals surface area contributed by atoms with E-state index < -0.39 is 0 Å². The number of benzene rings is 3. The Kier molecular flexibility index (Phi) is 10.2. The molecule has 0 aliphatic rings. The number of ether oxygens (including phenoxy) is 2. The summed E-state index contributed by atoms with van der Waals surface area (Å²) in [5.41, 5.74) is 8.84. The first kappa shape index (κ1) is 26.2. The molecule has 0 unspecified atom stereocenters. The molecule has 0 atom stereocenters. The summed E-state index contributed by atoms with van der Waals surface area (Å²) in [6, 6.07) is 22.7. The van der Waals surface area contributed by atoms with Gasteiger partial charge in [0, 0.05) is 12.8 Å². The molecule has 8 heteroatoms. The zero-order chi connectivity index (χ0) is 25.6. The third kappa shape index (κ3) is 9.06. The van der Waals surface area contributed by atoms with Gasteiger partial charge < -0.3 is 9.47 Å².